The third-order valence-electron chi connectivity index (χ3n) is 5.48. The largest absolute Gasteiger partial charge is 0.426 e. The summed E-state index contributed by atoms with van der Waals surface area (Å²) in [6.45, 7) is 2.27. The molecule has 1 aliphatic rings. The Bertz CT molecular complexity index is 648. The lowest BCUT2D eigenvalue weighted by Gasteiger charge is -2.11. The van der Waals surface area contributed by atoms with Gasteiger partial charge < -0.3 is 10.1 Å². The highest BCUT2D eigenvalue weighted by Crippen LogP contribution is 2.29. The topological polar surface area (TPSA) is 38.3 Å². The Morgan fingerprint density at radius 1 is 0.828 bits per heavy atom. The zero-order chi connectivity index (χ0) is 20.6. The van der Waals surface area contributed by atoms with Gasteiger partial charge in [-0.15, -0.1) is 0 Å². The van der Waals surface area contributed by atoms with E-state index in [-0.39, 0.29) is 5.97 Å². The molecule has 160 valence electrons. The second-order valence-electron chi connectivity index (χ2n) is 8.05. The molecule has 0 saturated carbocycles. The van der Waals surface area contributed by atoms with Crippen LogP contribution < -0.4 is 10.1 Å². The summed E-state index contributed by atoms with van der Waals surface area (Å²) in [5, 5.41) is 3.20. The first kappa shape index (κ1) is 23.3. The molecule has 1 heterocycles. The van der Waals surface area contributed by atoms with E-state index >= 15 is 0 Å². The van der Waals surface area contributed by atoms with E-state index < -0.39 is 0 Å². The molecule has 3 heteroatoms. The average molecular weight is 398 g/mol. The molecule has 1 aromatic carbocycles. The first-order valence-electron chi connectivity index (χ1n) is 11.7. The lowest BCUT2D eigenvalue weighted by atomic mass is 10.0. The third kappa shape index (κ3) is 9.83. The number of ether oxygens (including phenoxy) is 1. The molecule has 1 aliphatic heterocycles. The molecular weight excluding hydrogens is 358 g/mol. The SMILES string of the molecule is CCCCCCCCCCCCCCCC(=O)Oc1cccc2c1C=CC=CN2. The Kier molecular flexibility index (Phi) is 11.9. The second-order valence-corrected chi connectivity index (χ2v) is 8.05. The first-order chi connectivity index (χ1) is 14.3. The number of fused-ring (bicyclic) bond motifs is 1. The van der Waals surface area contributed by atoms with E-state index in [4.69, 9.17) is 4.74 Å². The summed E-state index contributed by atoms with van der Waals surface area (Å²) in [4.78, 5) is 12.2. The lowest BCUT2D eigenvalue weighted by Crippen LogP contribution is -2.09. The van der Waals surface area contributed by atoms with Crippen molar-refractivity contribution < 1.29 is 9.53 Å². The minimum absolute atomic E-state index is 0.132. The molecule has 2 rings (SSSR count). The van der Waals surface area contributed by atoms with Crippen LogP contribution in [0, 0.1) is 0 Å². The summed E-state index contributed by atoms with van der Waals surface area (Å²) in [5.74, 6) is 0.502. The number of unbranched alkanes of at least 4 members (excludes halogenated alkanes) is 12. The predicted molar refractivity (Wildman–Crippen MR) is 124 cm³/mol. The molecule has 0 saturated heterocycles. The number of allylic oxidation sites excluding steroid dienone is 2. The van der Waals surface area contributed by atoms with E-state index in [1.165, 1.54) is 70.6 Å². The summed E-state index contributed by atoms with van der Waals surface area (Å²) in [6.07, 6.45) is 25.2. The Hall–Kier alpha value is -2.03. The van der Waals surface area contributed by atoms with Crippen LogP contribution in [-0.2, 0) is 4.79 Å². The maximum atomic E-state index is 12.2. The number of anilines is 1. The minimum atomic E-state index is -0.132. The molecule has 1 aromatic rings. The summed E-state index contributed by atoms with van der Waals surface area (Å²) >= 11 is 0. The van der Waals surface area contributed by atoms with E-state index in [0.29, 0.717) is 12.2 Å². The van der Waals surface area contributed by atoms with Gasteiger partial charge in [0, 0.05) is 23.9 Å². The smallest absolute Gasteiger partial charge is 0.311 e. The van der Waals surface area contributed by atoms with Gasteiger partial charge in [-0.2, -0.15) is 0 Å². The Balaban J connectivity index is 1.49. The molecule has 0 amide bonds. The van der Waals surface area contributed by atoms with Gasteiger partial charge in [0.2, 0.25) is 0 Å². The van der Waals surface area contributed by atoms with Crippen LogP contribution in [0.2, 0.25) is 0 Å². The standard InChI is InChI=1S/C26H39NO2/c1-2-3-4-5-6-7-8-9-10-11-12-13-14-21-26(28)29-25-20-17-19-24-23(25)18-15-16-22-27-24/h15-20,22,27H,2-14,21H2,1H3. The molecule has 0 fully saturated rings. The fraction of sp³-hybridized carbons (Fsp3) is 0.577. The van der Waals surface area contributed by atoms with Crippen LogP contribution in [0.4, 0.5) is 5.69 Å². The summed E-state index contributed by atoms with van der Waals surface area (Å²) < 4.78 is 5.62. The molecule has 0 spiro atoms. The van der Waals surface area contributed by atoms with E-state index in [9.17, 15) is 4.79 Å². The number of carbonyl (C=O) groups excluding carboxylic acids is 1. The molecule has 29 heavy (non-hydrogen) atoms. The lowest BCUT2D eigenvalue weighted by molar-refractivity contribution is -0.134. The zero-order valence-electron chi connectivity index (χ0n) is 18.3. The van der Waals surface area contributed by atoms with Crippen molar-refractivity contribution in [2.24, 2.45) is 0 Å². The second kappa shape index (κ2) is 14.9. The van der Waals surface area contributed by atoms with Crippen LogP contribution >= 0.6 is 0 Å². The van der Waals surface area contributed by atoms with Gasteiger partial charge in [0.05, 0.1) is 0 Å². The average Bonchev–Trinajstić information content (AvgIpc) is 2.98. The van der Waals surface area contributed by atoms with Crippen LogP contribution in [0.15, 0.2) is 36.6 Å². The molecule has 3 nitrogen and oxygen atoms in total. The molecule has 0 bridgehead atoms. The van der Waals surface area contributed by atoms with Gasteiger partial charge in [-0.25, -0.2) is 0 Å². The highest BCUT2D eigenvalue weighted by atomic mass is 16.5. The predicted octanol–water partition coefficient (Wildman–Crippen LogP) is 8.03. The molecule has 0 aliphatic carbocycles. The van der Waals surface area contributed by atoms with Crippen molar-refractivity contribution >= 4 is 17.7 Å². The van der Waals surface area contributed by atoms with Crippen molar-refractivity contribution in [3.05, 3.63) is 42.1 Å². The van der Waals surface area contributed by atoms with Gasteiger partial charge in [0.15, 0.2) is 0 Å². The van der Waals surface area contributed by atoms with Crippen molar-refractivity contribution in [1.29, 1.82) is 0 Å². The van der Waals surface area contributed by atoms with E-state index in [1.807, 2.05) is 42.6 Å². The van der Waals surface area contributed by atoms with Crippen molar-refractivity contribution in [1.82, 2.24) is 0 Å². The summed E-state index contributed by atoms with van der Waals surface area (Å²) in [5.41, 5.74) is 1.89. The number of hydrogen-bond acceptors (Lipinski definition) is 3. The zero-order valence-corrected chi connectivity index (χ0v) is 18.3. The van der Waals surface area contributed by atoms with Crippen LogP contribution in [0.5, 0.6) is 5.75 Å². The van der Waals surface area contributed by atoms with Crippen molar-refractivity contribution in [3.63, 3.8) is 0 Å². The van der Waals surface area contributed by atoms with Gasteiger partial charge in [-0.05, 0) is 30.7 Å². The number of nitrogens with one attached hydrogen (secondary N) is 1. The van der Waals surface area contributed by atoms with Gasteiger partial charge in [0.1, 0.15) is 5.75 Å². The van der Waals surface area contributed by atoms with Gasteiger partial charge in [-0.1, -0.05) is 96.1 Å². The van der Waals surface area contributed by atoms with Crippen molar-refractivity contribution in [3.8, 4) is 5.75 Å². The van der Waals surface area contributed by atoms with Crippen LogP contribution in [0.1, 0.15) is 102 Å². The molecule has 1 N–H and O–H groups in total. The van der Waals surface area contributed by atoms with E-state index in [2.05, 4.69) is 12.2 Å². The van der Waals surface area contributed by atoms with Crippen LogP contribution in [0.3, 0.4) is 0 Å². The highest BCUT2D eigenvalue weighted by Gasteiger charge is 2.11. The van der Waals surface area contributed by atoms with E-state index in [0.717, 1.165) is 24.1 Å². The number of hydrogen-bond donors (Lipinski definition) is 1. The van der Waals surface area contributed by atoms with Crippen molar-refractivity contribution in [2.45, 2.75) is 96.8 Å². The first-order valence-corrected chi connectivity index (χ1v) is 11.7. The number of rotatable bonds is 15. The maximum absolute atomic E-state index is 12.2. The highest BCUT2D eigenvalue weighted by molar-refractivity contribution is 5.79. The Labute approximate surface area is 177 Å². The maximum Gasteiger partial charge on any atom is 0.311 e. The quantitative estimate of drug-likeness (QED) is 0.185. The molecule has 0 radical (unpaired) electrons. The van der Waals surface area contributed by atoms with Crippen molar-refractivity contribution in [2.75, 3.05) is 5.32 Å². The van der Waals surface area contributed by atoms with Crippen LogP contribution in [0.25, 0.3) is 6.08 Å². The minimum Gasteiger partial charge on any atom is -0.426 e. The van der Waals surface area contributed by atoms with Gasteiger partial charge in [-0.3, -0.25) is 4.79 Å². The third-order valence-corrected chi connectivity index (χ3v) is 5.48. The van der Waals surface area contributed by atoms with E-state index in [1.54, 1.807) is 0 Å². The summed E-state index contributed by atoms with van der Waals surface area (Å²) in [6, 6.07) is 5.75. The van der Waals surface area contributed by atoms with Gasteiger partial charge in [0.25, 0.3) is 0 Å². The Morgan fingerprint density at radius 3 is 2.10 bits per heavy atom. The number of esters is 1. The fourth-order valence-electron chi connectivity index (χ4n) is 3.74. The fourth-order valence-corrected chi connectivity index (χ4v) is 3.74. The molecular formula is C26H39NO2. The summed E-state index contributed by atoms with van der Waals surface area (Å²) in [7, 11) is 0. The number of carbonyl (C=O) groups is 1. The monoisotopic (exact) mass is 397 g/mol. The Morgan fingerprint density at radius 2 is 1.45 bits per heavy atom. The molecule has 0 unspecified atom stereocenters. The van der Waals surface area contributed by atoms with Crippen LogP contribution in [-0.4, -0.2) is 5.97 Å². The number of benzene rings is 1. The van der Waals surface area contributed by atoms with Gasteiger partial charge >= 0.3 is 5.97 Å². The molecule has 0 aromatic heterocycles. The molecule has 0 atom stereocenters. The normalized spacial score (nSPS) is 12.3.